The number of hydrogen-bond acceptors (Lipinski definition) is 5. The third-order valence-corrected chi connectivity index (χ3v) is 7.54. The summed E-state index contributed by atoms with van der Waals surface area (Å²) < 4.78 is 11.6. The first kappa shape index (κ1) is 25.8. The maximum absolute atomic E-state index is 10.1. The third-order valence-electron chi connectivity index (χ3n) is 7.29. The Balaban J connectivity index is 1.33. The lowest BCUT2D eigenvalue weighted by Crippen LogP contribution is -2.48. The van der Waals surface area contributed by atoms with Gasteiger partial charge in [0.2, 0.25) is 0 Å². The predicted molar refractivity (Wildman–Crippen MR) is 148 cm³/mol. The maximum atomic E-state index is 10.1. The minimum atomic E-state index is -0.0872. The standard InChI is InChI=1S/C31H34ClN3O2/c32-28-12-10-26(11-13-28)30-23-34(22-25-6-2-1-3-7-25)16-17-35(30)29-14-9-24(20-27(29)21-33)15-19-37-31-8-4-5-18-36-31/h1-3,6-7,9-14,20,30-31H,4-5,8,15-19,22-23H2. The van der Waals surface area contributed by atoms with E-state index in [2.05, 4.69) is 70.5 Å². The number of halogens is 1. The van der Waals surface area contributed by atoms with Crippen molar-refractivity contribution in [3.63, 3.8) is 0 Å². The average molecular weight is 516 g/mol. The minimum Gasteiger partial charge on any atom is -0.361 e. The van der Waals surface area contributed by atoms with Crippen LogP contribution >= 0.6 is 11.6 Å². The van der Waals surface area contributed by atoms with Gasteiger partial charge < -0.3 is 14.4 Å². The molecule has 0 aromatic heterocycles. The molecule has 2 aliphatic rings. The van der Waals surface area contributed by atoms with Crippen LogP contribution < -0.4 is 4.90 Å². The van der Waals surface area contributed by atoms with Gasteiger partial charge in [0, 0.05) is 37.8 Å². The molecule has 2 saturated heterocycles. The second kappa shape index (κ2) is 12.6. The molecule has 2 unspecified atom stereocenters. The Labute approximate surface area is 225 Å². The summed E-state index contributed by atoms with van der Waals surface area (Å²) in [5.41, 5.74) is 5.33. The summed E-state index contributed by atoms with van der Waals surface area (Å²) in [5, 5.41) is 10.8. The van der Waals surface area contributed by atoms with Gasteiger partial charge in [0.1, 0.15) is 6.07 Å². The Bertz CT molecular complexity index is 1190. The highest BCUT2D eigenvalue weighted by molar-refractivity contribution is 6.30. The molecule has 0 radical (unpaired) electrons. The number of nitriles is 1. The fourth-order valence-electron chi connectivity index (χ4n) is 5.31. The van der Waals surface area contributed by atoms with E-state index in [0.29, 0.717) is 12.2 Å². The number of hydrogen-bond donors (Lipinski definition) is 0. The van der Waals surface area contributed by atoms with E-state index in [4.69, 9.17) is 21.1 Å². The van der Waals surface area contributed by atoms with Crippen molar-refractivity contribution in [3.05, 3.63) is 100 Å². The van der Waals surface area contributed by atoms with Crippen molar-refractivity contribution in [1.29, 1.82) is 5.26 Å². The second-order valence-corrected chi connectivity index (χ2v) is 10.3. The number of anilines is 1. The zero-order chi connectivity index (χ0) is 25.5. The summed E-state index contributed by atoms with van der Waals surface area (Å²) in [6.07, 6.45) is 3.91. The van der Waals surface area contributed by atoms with E-state index in [1.807, 2.05) is 18.2 Å². The quantitative estimate of drug-likeness (QED) is 0.349. The number of ether oxygens (including phenoxy) is 2. The number of nitrogens with zero attached hydrogens (tertiary/aromatic N) is 3. The molecule has 0 spiro atoms. The Morgan fingerprint density at radius 3 is 2.57 bits per heavy atom. The van der Waals surface area contributed by atoms with E-state index < -0.39 is 0 Å². The fourth-order valence-corrected chi connectivity index (χ4v) is 5.44. The highest BCUT2D eigenvalue weighted by Gasteiger charge is 2.30. The van der Waals surface area contributed by atoms with Gasteiger partial charge in [-0.25, -0.2) is 0 Å². The number of piperazine rings is 1. The lowest BCUT2D eigenvalue weighted by Gasteiger charge is -2.43. The smallest absolute Gasteiger partial charge is 0.157 e. The van der Waals surface area contributed by atoms with Gasteiger partial charge >= 0.3 is 0 Å². The molecule has 3 aromatic carbocycles. The summed E-state index contributed by atoms with van der Waals surface area (Å²) in [4.78, 5) is 4.88. The zero-order valence-electron chi connectivity index (χ0n) is 21.2. The third kappa shape index (κ3) is 6.71. The van der Waals surface area contributed by atoms with Crippen LogP contribution in [0.1, 0.15) is 47.6 Å². The van der Waals surface area contributed by atoms with Crippen LogP contribution in [0, 0.1) is 11.3 Å². The van der Waals surface area contributed by atoms with Crippen LogP contribution in [0.15, 0.2) is 72.8 Å². The van der Waals surface area contributed by atoms with E-state index in [0.717, 1.165) is 74.7 Å². The molecule has 6 heteroatoms. The van der Waals surface area contributed by atoms with Crippen LogP contribution in [0.4, 0.5) is 5.69 Å². The summed E-state index contributed by atoms with van der Waals surface area (Å²) in [5.74, 6) is 0. The lowest BCUT2D eigenvalue weighted by molar-refractivity contribution is -0.161. The van der Waals surface area contributed by atoms with Gasteiger partial charge in [-0.15, -0.1) is 0 Å². The second-order valence-electron chi connectivity index (χ2n) is 9.86. The molecule has 37 heavy (non-hydrogen) atoms. The van der Waals surface area contributed by atoms with Crippen LogP contribution in [-0.4, -0.2) is 44.0 Å². The molecule has 2 atom stereocenters. The van der Waals surface area contributed by atoms with E-state index in [1.165, 1.54) is 11.1 Å². The topological polar surface area (TPSA) is 48.7 Å². The van der Waals surface area contributed by atoms with Crippen molar-refractivity contribution in [1.82, 2.24) is 4.90 Å². The van der Waals surface area contributed by atoms with E-state index in [-0.39, 0.29) is 12.3 Å². The number of benzene rings is 3. The normalized spacial score (nSPS) is 20.5. The van der Waals surface area contributed by atoms with Crippen molar-refractivity contribution in [2.45, 2.75) is 44.6 Å². The van der Waals surface area contributed by atoms with Gasteiger partial charge in [-0.05, 0) is 66.6 Å². The van der Waals surface area contributed by atoms with Crippen LogP contribution in [0.5, 0.6) is 0 Å². The monoisotopic (exact) mass is 515 g/mol. The van der Waals surface area contributed by atoms with Gasteiger partial charge in [-0.3, -0.25) is 4.90 Å². The van der Waals surface area contributed by atoms with Gasteiger partial charge in [0.05, 0.1) is 23.9 Å². The molecule has 0 aliphatic carbocycles. The number of rotatable bonds is 8. The summed E-state index contributed by atoms with van der Waals surface area (Å²) in [6, 6.07) is 27.6. The summed E-state index contributed by atoms with van der Waals surface area (Å²) in [7, 11) is 0. The first-order chi connectivity index (χ1) is 18.2. The minimum absolute atomic E-state index is 0.0872. The van der Waals surface area contributed by atoms with E-state index >= 15 is 0 Å². The largest absolute Gasteiger partial charge is 0.361 e. The zero-order valence-corrected chi connectivity index (χ0v) is 21.9. The van der Waals surface area contributed by atoms with Gasteiger partial charge in [0.25, 0.3) is 0 Å². The molecule has 192 valence electrons. The SMILES string of the molecule is N#Cc1cc(CCOC2CCCCO2)ccc1N1CCN(Cc2ccccc2)CC1c1ccc(Cl)cc1. The van der Waals surface area contributed by atoms with Crippen molar-refractivity contribution in [2.24, 2.45) is 0 Å². The molecule has 2 heterocycles. The first-order valence-electron chi connectivity index (χ1n) is 13.2. The average Bonchev–Trinajstić information content (AvgIpc) is 2.95. The fraction of sp³-hybridized carbons (Fsp3) is 0.387. The van der Waals surface area contributed by atoms with Crippen LogP contribution in [0.25, 0.3) is 0 Å². The molecule has 2 fully saturated rings. The Morgan fingerprint density at radius 2 is 1.81 bits per heavy atom. The molecule has 0 N–H and O–H groups in total. The van der Waals surface area contributed by atoms with Gasteiger partial charge in [-0.1, -0.05) is 60.1 Å². The maximum Gasteiger partial charge on any atom is 0.157 e. The van der Waals surface area contributed by atoms with Crippen LogP contribution in [0.3, 0.4) is 0 Å². The highest BCUT2D eigenvalue weighted by Crippen LogP contribution is 2.34. The van der Waals surface area contributed by atoms with Gasteiger partial charge in [-0.2, -0.15) is 5.26 Å². The summed E-state index contributed by atoms with van der Waals surface area (Å²) >= 11 is 6.21. The highest BCUT2D eigenvalue weighted by atomic mass is 35.5. The molecule has 0 amide bonds. The predicted octanol–water partition coefficient (Wildman–Crippen LogP) is 6.36. The summed E-state index contributed by atoms with van der Waals surface area (Å²) in [6.45, 7) is 4.94. The van der Waals surface area contributed by atoms with E-state index in [1.54, 1.807) is 0 Å². The molecular weight excluding hydrogens is 482 g/mol. The van der Waals surface area contributed by atoms with Crippen molar-refractivity contribution < 1.29 is 9.47 Å². The van der Waals surface area contributed by atoms with Gasteiger partial charge in [0.15, 0.2) is 6.29 Å². The van der Waals surface area contributed by atoms with Crippen molar-refractivity contribution in [3.8, 4) is 6.07 Å². The molecule has 3 aromatic rings. The molecule has 0 saturated carbocycles. The van der Waals surface area contributed by atoms with E-state index in [9.17, 15) is 5.26 Å². The molecule has 5 nitrogen and oxygen atoms in total. The molecule has 0 bridgehead atoms. The van der Waals surface area contributed by atoms with Crippen LogP contribution in [-0.2, 0) is 22.4 Å². The Morgan fingerprint density at radius 1 is 0.973 bits per heavy atom. The van der Waals surface area contributed by atoms with Crippen molar-refractivity contribution in [2.75, 3.05) is 37.7 Å². The molecular formula is C31H34ClN3O2. The first-order valence-corrected chi connectivity index (χ1v) is 13.6. The Kier molecular flexibility index (Phi) is 8.76. The molecule has 5 rings (SSSR count). The molecule has 2 aliphatic heterocycles. The Hall–Kier alpha value is -2.88. The van der Waals surface area contributed by atoms with Crippen LogP contribution in [0.2, 0.25) is 5.02 Å². The van der Waals surface area contributed by atoms with Crippen molar-refractivity contribution >= 4 is 17.3 Å². The lowest BCUT2D eigenvalue weighted by atomic mass is 9.98.